The molecule has 0 heterocycles. The lowest BCUT2D eigenvalue weighted by molar-refractivity contribution is -0.146. The second-order valence-corrected chi connectivity index (χ2v) is 11.8. The topological polar surface area (TPSA) is 46.5 Å². The van der Waals surface area contributed by atoms with Crippen molar-refractivity contribution in [2.45, 2.75) is 115 Å². The minimum absolute atomic E-state index is 0.0484. The SMILES string of the molecule is C=C(CO)C(=O)OC1CCC(c2ccc(C3=CCC(C4CCC(CCCCC)CC4)CC3)cc2)CC1. The van der Waals surface area contributed by atoms with E-state index in [1.807, 2.05) is 0 Å². The Hall–Kier alpha value is -1.87. The Morgan fingerprint density at radius 3 is 2.28 bits per heavy atom. The Labute approximate surface area is 219 Å². The smallest absolute Gasteiger partial charge is 0.336 e. The monoisotopic (exact) mass is 492 g/mol. The van der Waals surface area contributed by atoms with E-state index >= 15 is 0 Å². The molecule has 3 heteroatoms. The molecular formula is C33H48O3. The van der Waals surface area contributed by atoms with Gasteiger partial charge in [-0.3, -0.25) is 0 Å². The molecule has 0 saturated heterocycles. The van der Waals surface area contributed by atoms with Crippen molar-refractivity contribution in [2.75, 3.05) is 6.61 Å². The van der Waals surface area contributed by atoms with Gasteiger partial charge in [-0.2, -0.15) is 0 Å². The molecule has 1 aromatic carbocycles. The van der Waals surface area contributed by atoms with Crippen molar-refractivity contribution >= 4 is 11.5 Å². The maximum atomic E-state index is 11.9. The fourth-order valence-electron chi connectivity index (χ4n) is 6.96. The highest BCUT2D eigenvalue weighted by atomic mass is 16.5. The van der Waals surface area contributed by atoms with Crippen LogP contribution in [0.5, 0.6) is 0 Å². The Balaban J connectivity index is 1.21. The quantitative estimate of drug-likeness (QED) is 0.203. The van der Waals surface area contributed by atoms with Gasteiger partial charge in [-0.25, -0.2) is 4.79 Å². The number of rotatable bonds is 10. The summed E-state index contributed by atoms with van der Waals surface area (Å²) in [6.45, 7) is 5.53. The van der Waals surface area contributed by atoms with E-state index in [4.69, 9.17) is 9.84 Å². The lowest BCUT2D eigenvalue weighted by Gasteiger charge is -2.35. The summed E-state index contributed by atoms with van der Waals surface area (Å²) >= 11 is 0. The highest BCUT2D eigenvalue weighted by molar-refractivity contribution is 5.88. The van der Waals surface area contributed by atoms with E-state index < -0.39 is 5.97 Å². The number of hydrogen-bond acceptors (Lipinski definition) is 3. The maximum Gasteiger partial charge on any atom is 0.336 e. The second-order valence-electron chi connectivity index (χ2n) is 11.8. The number of allylic oxidation sites excluding steroid dienone is 2. The van der Waals surface area contributed by atoms with Crippen molar-refractivity contribution in [1.29, 1.82) is 0 Å². The minimum Gasteiger partial charge on any atom is -0.459 e. The molecule has 0 aliphatic heterocycles. The Kier molecular flexibility index (Phi) is 10.3. The van der Waals surface area contributed by atoms with Gasteiger partial charge in [0.05, 0.1) is 12.2 Å². The van der Waals surface area contributed by atoms with Gasteiger partial charge in [0.1, 0.15) is 6.10 Å². The third-order valence-electron chi connectivity index (χ3n) is 9.41. The van der Waals surface area contributed by atoms with Gasteiger partial charge < -0.3 is 9.84 Å². The van der Waals surface area contributed by atoms with Gasteiger partial charge >= 0.3 is 5.97 Å². The highest BCUT2D eigenvalue weighted by Crippen LogP contribution is 2.42. The zero-order chi connectivity index (χ0) is 25.3. The van der Waals surface area contributed by atoms with Gasteiger partial charge in [0.2, 0.25) is 0 Å². The molecule has 0 radical (unpaired) electrons. The summed E-state index contributed by atoms with van der Waals surface area (Å²) in [5, 5.41) is 9.05. The van der Waals surface area contributed by atoms with Crippen LogP contribution in [0, 0.1) is 17.8 Å². The van der Waals surface area contributed by atoms with Crippen LogP contribution in [-0.2, 0) is 9.53 Å². The van der Waals surface area contributed by atoms with Gasteiger partial charge in [0, 0.05) is 0 Å². The van der Waals surface area contributed by atoms with Crippen LogP contribution >= 0.6 is 0 Å². The molecule has 2 saturated carbocycles. The van der Waals surface area contributed by atoms with Crippen molar-refractivity contribution in [2.24, 2.45) is 17.8 Å². The van der Waals surface area contributed by atoms with Crippen LogP contribution in [0.2, 0.25) is 0 Å². The molecule has 0 bridgehead atoms. The Morgan fingerprint density at radius 2 is 1.67 bits per heavy atom. The molecule has 0 aromatic heterocycles. The van der Waals surface area contributed by atoms with Crippen molar-refractivity contribution in [1.82, 2.24) is 0 Å². The number of carbonyl (C=O) groups is 1. The van der Waals surface area contributed by atoms with Gasteiger partial charge in [0.15, 0.2) is 0 Å². The van der Waals surface area contributed by atoms with Gasteiger partial charge in [-0.1, -0.05) is 82.4 Å². The molecule has 1 atom stereocenters. The first-order chi connectivity index (χ1) is 17.6. The zero-order valence-corrected chi connectivity index (χ0v) is 22.6. The summed E-state index contributed by atoms with van der Waals surface area (Å²) in [7, 11) is 0. The molecule has 1 aromatic rings. The molecule has 0 spiro atoms. The van der Waals surface area contributed by atoms with Crippen molar-refractivity contribution < 1.29 is 14.6 Å². The lowest BCUT2D eigenvalue weighted by Crippen LogP contribution is -2.25. The van der Waals surface area contributed by atoms with Gasteiger partial charge in [-0.05, 0) is 98.2 Å². The number of esters is 1. The summed E-state index contributed by atoms with van der Waals surface area (Å²) in [6, 6.07) is 9.32. The van der Waals surface area contributed by atoms with E-state index in [9.17, 15) is 4.79 Å². The fraction of sp³-hybridized carbons (Fsp3) is 0.667. The number of ether oxygens (including phenoxy) is 1. The van der Waals surface area contributed by atoms with E-state index in [0.717, 1.165) is 43.4 Å². The number of aliphatic hydroxyl groups excluding tert-OH is 1. The van der Waals surface area contributed by atoms with Crippen LogP contribution in [0.3, 0.4) is 0 Å². The second kappa shape index (κ2) is 13.6. The van der Waals surface area contributed by atoms with E-state index in [-0.39, 0.29) is 18.3 Å². The van der Waals surface area contributed by atoms with Gasteiger partial charge in [0.25, 0.3) is 0 Å². The summed E-state index contributed by atoms with van der Waals surface area (Å²) in [6.07, 6.45) is 21.8. The zero-order valence-electron chi connectivity index (χ0n) is 22.6. The first-order valence-electron chi connectivity index (χ1n) is 14.9. The molecule has 198 valence electrons. The third-order valence-corrected chi connectivity index (χ3v) is 9.41. The van der Waals surface area contributed by atoms with Crippen LogP contribution in [-0.4, -0.2) is 23.8 Å². The fourth-order valence-corrected chi connectivity index (χ4v) is 6.96. The molecule has 3 nitrogen and oxygen atoms in total. The largest absolute Gasteiger partial charge is 0.459 e. The summed E-state index contributed by atoms with van der Waals surface area (Å²) in [5.74, 6) is 2.96. The lowest BCUT2D eigenvalue weighted by atomic mass is 9.70. The Bertz CT molecular complexity index is 867. The highest BCUT2D eigenvalue weighted by Gasteiger charge is 2.29. The average Bonchev–Trinajstić information content (AvgIpc) is 2.94. The summed E-state index contributed by atoms with van der Waals surface area (Å²) < 4.78 is 5.50. The molecular weight excluding hydrogens is 444 g/mol. The molecule has 36 heavy (non-hydrogen) atoms. The third kappa shape index (κ3) is 7.34. The number of benzene rings is 1. The summed E-state index contributed by atoms with van der Waals surface area (Å²) in [4.78, 5) is 11.9. The predicted molar refractivity (Wildman–Crippen MR) is 149 cm³/mol. The molecule has 4 rings (SSSR count). The molecule has 3 aliphatic rings. The average molecular weight is 493 g/mol. The molecule has 2 fully saturated rings. The number of unbranched alkanes of at least 4 members (excludes halogenated alkanes) is 2. The number of carbonyl (C=O) groups excluding carboxylic acids is 1. The van der Waals surface area contributed by atoms with Crippen molar-refractivity contribution in [3.05, 3.63) is 53.6 Å². The van der Waals surface area contributed by atoms with Crippen LogP contribution in [0.4, 0.5) is 0 Å². The summed E-state index contributed by atoms with van der Waals surface area (Å²) in [5.41, 5.74) is 4.50. The molecule has 3 aliphatic carbocycles. The van der Waals surface area contributed by atoms with E-state index in [1.54, 1.807) is 5.57 Å². The minimum atomic E-state index is -0.455. The van der Waals surface area contributed by atoms with Crippen LogP contribution in [0.25, 0.3) is 5.57 Å². The molecule has 1 unspecified atom stereocenters. The van der Waals surface area contributed by atoms with Gasteiger partial charge in [-0.15, -0.1) is 0 Å². The van der Waals surface area contributed by atoms with E-state index in [1.165, 1.54) is 81.8 Å². The standard InChI is InChI=1S/C33H48O3/c1-3-4-5-6-25-7-9-26(10-8-25)27-11-13-28(14-12-27)29-15-17-30(18-16-29)31-19-21-32(22-20-31)36-33(35)24(2)23-34/h13,15-18,25-27,31-32,34H,2-12,14,19-23H2,1H3. The van der Waals surface area contributed by atoms with Crippen LogP contribution in [0.1, 0.15) is 120 Å². The Morgan fingerprint density at radius 1 is 0.944 bits per heavy atom. The number of aliphatic hydroxyl groups is 1. The normalized spacial score (nSPS) is 28.8. The van der Waals surface area contributed by atoms with Crippen LogP contribution < -0.4 is 0 Å². The van der Waals surface area contributed by atoms with Crippen molar-refractivity contribution in [3.8, 4) is 0 Å². The van der Waals surface area contributed by atoms with Crippen molar-refractivity contribution in [3.63, 3.8) is 0 Å². The first kappa shape index (κ1) is 27.2. The molecule has 1 N–H and O–H groups in total. The first-order valence-corrected chi connectivity index (χ1v) is 14.9. The van der Waals surface area contributed by atoms with E-state index in [2.05, 4.69) is 43.8 Å². The maximum absolute atomic E-state index is 11.9. The van der Waals surface area contributed by atoms with E-state index in [0.29, 0.717) is 5.92 Å². The number of hydrogen-bond donors (Lipinski definition) is 1. The predicted octanol–water partition coefficient (Wildman–Crippen LogP) is 8.37. The van der Waals surface area contributed by atoms with Crippen LogP contribution in [0.15, 0.2) is 42.5 Å². The molecule has 0 amide bonds.